The minimum atomic E-state index is -0.249. The van der Waals surface area contributed by atoms with Crippen LogP contribution in [0, 0.1) is 5.92 Å². The zero-order valence-corrected chi connectivity index (χ0v) is 14.4. The normalized spacial score (nSPS) is 15.7. The Labute approximate surface area is 138 Å². The van der Waals surface area contributed by atoms with Crippen LogP contribution < -0.4 is 10.6 Å². The number of ether oxygens (including phenoxy) is 2. The highest BCUT2D eigenvalue weighted by Gasteiger charge is 2.24. The number of nitrogen functional groups attached to an aromatic ring is 1. The second-order valence-electron chi connectivity index (χ2n) is 6.54. The molecular weight excluding hydrogens is 292 g/mol. The van der Waals surface area contributed by atoms with E-state index in [-0.39, 0.29) is 12.4 Å². The Hall–Kier alpha value is -1.75. The van der Waals surface area contributed by atoms with Crippen LogP contribution in [-0.2, 0) is 20.7 Å². The number of nitrogens with zero attached hydrogens (tertiary/aromatic N) is 1. The van der Waals surface area contributed by atoms with Gasteiger partial charge in [-0.15, -0.1) is 0 Å². The lowest BCUT2D eigenvalue weighted by atomic mass is 10.0. The van der Waals surface area contributed by atoms with Crippen LogP contribution in [-0.4, -0.2) is 38.9 Å². The Balaban J connectivity index is 2.21. The molecule has 1 aliphatic rings. The molecule has 0 bridgehead atoms. The standard InChI is InChI=1S/C18H28N2O3/c1-13(2)12-20(15-6-8-23-9-7-15)17-5-4-14(10-16(17)19)11-18(21)22-3/h4-5,10,13,15H,6-9,11-12,19H2,1-3H3. The summed E-state index contributed by atoms with van der Waals surface area (Å²) >= 11 is 0. The summed E-state index contributed by atoms with van der Waals surface area (Å²) < 4.78 is 10.2. The Kier molecular flexibility index (Phi) is 6.28. The molecule has 0 aliphatic carbocycles. The molecule has 0 atom stereocenters. The molecule has 1 aromatic rings. The molecule has 5 heteroatoms. The minimum absolute atomic E-state index is 0.249. The summed E-state index contributed by atoms with van der Waals surface area (Å²) in [6, 6.07) is 6.35. The highest BCUT2D eigenvalue weighted by molar-refractivity contribution is 5.75. The molecule has 1 heterocycles. The summed E-state index contributed by atoms with van der Waals surface area (Å²) in [5.74, 6) is 0.299. The van der Waals surface area contributed by atoms with Gasteiger partial charge in [-0.1, -0.05) is 19.9 Å². The second-order valence-corrected chi connectivity index (χ2v) is 6.54. The van der Waals surface area contributed by atoms with Crippen molar-refractivity contribution in [3.63, 3.8) is 0 Å². The molecule has 5 nitrogen and oxygen atoms in total. The van der Waals surface area contributed by atoms with Crippen molar-refractivity contribution in [2.75, 3.05) is 37.5 Å². The van der Waals surface area contributed by atoms with Gasteiger partial charge < -0.3 is 20.1 Å². The van der Waals surface area contributed by atoms with Gasteiger partial charge in [0.1, 0.15) is 0 Å². The molecule has 0 radical (unpaired) electrons. The zero-order chi connectivity index (χ0) is 16.8. The third-order valence-corrected chi connectivity index (χ3v) is 4.17. The number of hydrogen-bond acceptors (Lipinski definition) is 5. The van der Waals surface area contributed by atoms with E-state index in [0.29, 0.717) is 12.0 Å². The number of anilines is 2. The highest BCUT2D eigenvalue weighted by atomic mass is 16.5. The van der Waals surface area contributed by atoms with Crippen LogP contribution in [0.25, 0.3) is 0 Å². The van der Waals surface area contributed by atoms with Gasteiger partial charge in [0.05, 0.1) is 24.9 Å². The number of hydrogen-bond donors (Lipinski definition) is 1. The summed E-state index contributed by atoms with van der Waals surface area (Å²) in [4.78, 5) is 13.8. The Bertz CT molecular complexity index is 525. The molecule has 0 amide bonds. The second kappa shape index (κ2) is 8.20. The molecule has 2 rings (SSSR count). The predicted molar refractivity (Wildman–Crippen MR) is 92.6 cm³/mol. The molecule has 1 fully saturated rings. The van der Waals surface area contributed by atoms with Gasteiger partial charge in [-0.25, -0.2) is 0 Å². The fraction of sp³-hybridized carbons (Fsp3) is 0.611. The lowest BCUT2D eigenvalue weighted by Crippen LogP contribution is -2.42. The number of carbonyl (C=O) groups is 1. The van der Waals surface area contributed by atoms with Crippen molar-refractivity contribution < 1.29 is 14.3 Å². The van der Waals surface area contributed by atoms with E-state index >= 15 is 0 Å². The van der Waals surface area contributed by atoms with Gasteiger partial charge in [-0.3, -0.25) is 4.79 Å². The van der Waals surface area contributed by atoms with Crippen LogP contribution in [0.5, 0.6) is 0 Å². The predicted octanol–water partition coefficient (Wildman–Crippen LogP) is 2.63. The maximum Gasteiger partial charge on any atom is 0.309 e. The number of benzene rings is 1. The van der Waals surface area contributed by atoms with Crippen molar-refractivity contribution in [2.45, 2.75) is 39.2 Å². The number of esters is 1. The Morgan fingerprint density at radius 2 is 2.09 bits per heavy atom. The van der Waals surface area contributed by atoms with Gasteiger partial charge in [0.25, 0.3) is 0 Å². The number of rotatable bonds is 6. The molecular formula is C18H28N2O3. The van der Waals surface area contributed by atoms with Crippen molar-refractivity contribution in [2.24, 2.45) is 5.92 Å². The molecule has 2 N–H and O–H groups in total. The monoisotopic (exact) mass is 320 g/mol. The van der Waals surface area contributed by atoms with Crippen molar-refractivity contribution in [3.05, 3.63) is 23.8 Å². The molecule has 0 aromatic heterocycles. The molecule has 0 saturated carbocycles. The van der Waals surface area contributed by atoms with Gasteiger partial charge in [0.2, 0.25) is 0 Å². The van der Waals surface area contributed by atoms with E-state index in [0.717, 1.165) is 49.5 Å². The van der Waals surface area contributed by atoms with Crippen LogP contribution >= 0.6 is 0 Å². The summed E-state index contributed by atoms with van der Waals surface area (Å²) in [7, 11) is 1.40. The van der Waals surface area contributed by atoms with E-state index in [9.17, 15) is 4.79 Å². The first kappa shape index (κ1) is 17.6. The minimum Gasteiger partial charge on any atom is -0.469 e. The number of methoxy groups -OCH3 is 1. The topological polar surface area (TPSA) is 64.8 Å². The molecule has 23 heavy (non-hydrogen) atoms. The van der Waals surface area contributed by atoms with Crippen LogP contribution in [0.4, 0.5) is 11.4 Å². The summed E-state index contributed by atoms with van der Waals surface area (Å²) in [6.07, 6.45) is 2.30. The van der Waals surface area contributed by atoms with E-state index in [1.54, 1.807) is 0 Å². The third-order valence-electron chi connectivity index (χ3n) is 4.17. The Morgan fingerprint density at radius 1 is 1.39 bits per heavy atom. The number of nitrogens with two attached hydrogens (primary N) is 1. The lowest BCUT2D eigenvalue weighted by Gasteiger charge is -2.38. The van der Waals surface area contributed by atoms with Crippen molar-refractivity contribution in [3.8, 4) is 0 Å². The lowest BCUT2D eigenvalue weighted by molar-refractivity contribution is -0.139. The van der Waals surface area contributed by atoms with Gasteiger partial charge in [0, 0.05) is 25.8 Å². The van der Waals surface area contributed by atoms with E-state index < -0.39 is 0 Å². The quantitative estimate of drug-likeness (QED) is 0.645. The first-order chi connectivity index (χ1) is 11.0. The largest absolute Gasteiger partial charge is 0.469 e. The molecule has 0 spiro atoms. The SMILES string of the molecule is COC(=O)Cc1ccc(N(CC(C)C)C2CCOCC2)c(N)c1. The van der Waals surface area contributed by atoms with Gasteiger partial charge >= 0.3 is 5.97 Å². The van der Waals surface area contributed by atoms with Crippen LogP contribution in [0.15, 0.2) is 18.2 Å². The maximum absolute atomic E-state index is 11.4. The van der Waals surface area contributed by atoms with E-state index in [2.05, 4.69) is 18.7 Å². The van der Waals surface area contributed by atoms with E-state index in [1.165, 1.54) is 7.11 Å². The average molecular weight is 320 g/mol. The first-order valence-corrected chi connectivity index (χ1v) is 8.31. The Morgan fingerprint density at radius 3 is 2.65 bits per heavy atom. The van der Waals surface area contributed by atoms with Crippen LogP contribution in [0.2, 0.25) is 0 Å². The molecule has 1 saturated heterocycles. The first-order valence-electron chi connectivity index (χ1n) is 8.31. The molecule has 1 aliphatic heterocycles. The summed E-state index contributed by atoms with van der Waals surface area (Å²) in [6.45, 7) is 7.01. The van der Waals surface area contributed by atoms with E-state index in [4.69, 9.17) is 15.2 Å². The van der Waals surface area contributed by atoms with Crippen LogP contribution in [0.1, 0.15) is 32.3 Å². The number of carbonyl (C=O) groups excluding carboxylic acids is 1. The average Bonchev–Trinajstić information content (AvgIpc) is 2.54. The molecule has 128 valence electrons. The fourth-order valence-corrected chi connectivity index (χ4v) is 3.05. The van der Waals surface area contributed by atoms with E-state index in [1.807, 2.05) is 18.2 Å². The van der Waals surface area contributed by atoms with Crippen LogP contribution in [0.3, 0.4) is 0 Å². The van der Waals surface area contributed by atoms with Crippen molar-refractivity contribution in [1.82, 2.24) is 0 Å². The van der Waals surface area contributed by atoms with Gasteiger partial charge in [0.15, 0.2) is 0 Å². The van der Waals surface area contributed by atoms with Gasteiger partial charge in [-0.05, 0) is 36.5 Å². The summed E-state index contributed by atoms with van der Waals surface area (Å²) in [5, 5.41) is 0. The highest BCUT2D eigenvalue weighted by Crippen LogP contribution is 2.30. The summed E-state index contributed by atoms with van der Waals surface area (Å²) in [5.41, 5.74) is 8.96. The third kappa shape index (κ3) is 4.86. The van der Waals surface area contributed by atoms with Gasteiger partial charge in [-0.2, -0.15) is 0 Å². The zero-order valence-electron chi connectivity index (χ0n) is 14.4. The molecule has 1 aromatic carbocycles. The smallest absolute Gasteiger partial charge is 0.309 e. The fourth-order valence-electron chi connectivity index (χ4n) is 3.05. The maximum atomic E-state index is 11.4. The van der Waals surface area contributed by atoms with Crippen molar-refractivity contribution >= 4 is 17.3 Å². The van der Waals surface area contributed by atoms with Crippen molar-refractivity contribution in [1.29, 1.82) is 0 Å². The molecule has 0 unspecified atom stereocenters.